The van der Waals surface area contributed by atoms with E-state index in [1.165, 1.54) is 11.3 Å². The predicted octanol–water partition coefficient (Wildman–Crippen LogP) is 5.48. The van der Waals surface area contributed by atoms with Crippen LogP contribution in [0.25, 0.3) is 0 Å². The summed E-state index contributed by atoms with van der Waals surface area (Å²) in [6, 6.07) is 16.7. The van der Waals surface area contributed by atoms with Crippen molar-refractivity contribution >= 4 is 39.8 Å². The molecule has 0 bridgehead atoms. The Labute approximate surface area is 174 Å². The zero-order valence-corrected chi connectivity index (χ0v) is 17.3. The minimum Gasteiger partial charge on any atom is -0.326 e. The summed E-state index contributed by atoms with van der Waals surface area (Å²) in [5.41, 5.74) is 3.45. The van der Waals surface area contributed by atoms with Crippen LogP contribution in [0.3, 0.4) is 0 Å². The van der Waals surface area contributed by atoms with Crippen molar-refractivity contribution in [2.24, 2.45) is 0 Å². The lowest BCUT2D eigenvalue weighted by Gasteiger charge is -2.13. The van der Waals surface area contributed by atoms with Crippen LogP contribution in [-0.4, -0.2) is 16.9 Å². The fourth-order valence-corrected chi connectivity index (χ4v) is 3.57. The summed E-state index contributed by atoms with van der Waals surface area (Å²) in [5, 5.41) is 10.8. The number of nitrogens with zero attached hydrogens (tertiary/aromatic N) is 1. The summed E-state index contributed by atoms with van der Waals surface area (Å²) in [6.45, 7) is 4.20. The van der Waals surface area contributed by atoms with Gasteiger partial charge in [-0.1, -0.05) is 50.2 Å². The summed E-state index contributed by atoms with van der Waals surface area (Å²) < 4.78 is 0. The van der Waals surface area contributed by atoms with Crippen LogP contribution in [0.1, 0.15) is 37.4 Å². The molecular formula is C22H24N4O2S. The van der Waals surface area contributed by atoms with E-state index in [9.17, 15) is 9.59 Å². The van der Waals surface area contributed by atoms with Gasteiger partial charge in [0.2, 0.25) is 5.91 Å². The lowest BCUT2D eigenvalue weighted by molar-refractivity contribution is -0.116. The van der Waals surface area contributed by atoms with Gasteiger partial charge in [0.1, 0.15) is 0 Å². The highest BCUT2D eigenvalue weighted by Gasteiger charge is 2.11. The van der Waals surface area contributed by atoms with Crippen molar-refractivity contribution < 1.29 is 9.59 Å². The Morgan fingerprint density at radius 1 is 0.966 bits per heavy atom. The zero-order chi connectivity index (χ0) is 20.6. The van der Waals surface area contributed by atoms with Crippen LogP contribution in [-0.2, 0) is 11.2 Å². The van der Waals surface area contributed by atoms with Crippen LogP contribution in [0, 0.1) is 0 Å². The van der Waals surface area contributed by atoms with Crippen LogP contribution in [0.2, 0.25) is 0 Å². The minimum atomic E-state index is -0.347. The lowest BCUT2D eigenvalue weighted by Crippen LogP contribution is -2.19. The Morgan fingerprint density at radius 3 is 2.45 bits per heavy atom. The Hall–Kier alpha value is -3.19. The number of aromatic nitrogens is 1. The third kappa shape index (κ3) is 6.15. The predicted molar refractivity (Wildman–Crippen MR) is 119 cm³/mol. The highest BCUT2D eigenvalue weighted by atomic mass is 32.1. The van der Waals surface area contributed by atoms with E-state index in [2.05, 4.69) is 34.8 Å². The third-order valence-corrected chi connectivity index (χ3v) is 5.08. The molecule has 0 aliphatic heterocycles. The van der Waals surface area contributed by atoms with Gasteiger partial charge in [-0.15, -0.1) is 11.3 Å². The third-order valence-electron chi connectivity index (χ3n) is 4.27. The standard InChI is InChI=1S/C22H24N4O2S/c1-15(2)18-10-6-7-11-19(18)25-20(27)13-12-17-14-29-22(24-17)26-21(28)23-16-8-4-3-5-9-16/h3-11,14-15H,12-13H2,1-2H3,(H,25,27)(H2,23,24,26,28). The van der Waals surface area contributed by atoms with E-state index in [-0.39, 0.29) is 11.9 Å². The highest BCUT2D eigenvalue weighted by Crippen LogP contribution is 2.24. The van der Waals surface area contributed by atoms with E-state index in [1.807, 2.05) is 60.0 Å². The van der Waals surface area contributed by atoms with Crippen molar-refractivity contribution in [1.82, 2.24) is 4.98 Å². The van der Waals surface area contributed by atoms with Crippen LogP contribution in [0.5, 0.6) is 0 Å². The number of rotatable bonds is 7. The maximum atomic E-state index is 12.3. The van der Waals surface area contributed by atoms with Gasteiger partial charge in [0.25, 0.3) is 0 Å². The van der Waals surface area contributed by atoms with Crippen LogP contribution in [0.4, 0.5) is 21.3 Å². The van der Waals surface area contributed by atoms with Gasteiger partial charge in [-0.05, 0) is 36.1 Å². The highest BCUT2D eigenvalue weighted by molar-refractivity contribution is 7.13. The molecule has 0 saturated heterocycles. The number of amides is 3. The number of hydrogen-bond donors (Lipinski definition) is 3. The smallest absolute Gasteiger partial charge is 0.325 e. The molecular weight excluding hydrogens is 384 g/mol. The molecule has 0 aliphatic carbocycles. The molecule has 0 spiro atoms. The van der Waals surface area contributed by atoms with E-state index in [1.54, 1.807) is 0 Å². The maximum absolute atomic E-state index is 12.3. The molecule has 150 valence electrons. The number of thiazole rings is 1. The van der Waals surface area contributed by atoms with Crippen LogP contribution in [0.15, 0.2) is 60.0 Å². The van der Waals surface area contributed by atoms with Crippen molar-refractivity contribution in [3.8, 4) is 0 Å². The first-order chi connectivity index (χ1) is 14.0. The second-order valence-electron chi connectivity index (χ2n) is 6.88. The van der Waals surface area contributed by atoms with Crippen molar-refractivity contribution in [3.05, 3.63) is 71.2 Å². The maximum Gasteiger partial charge on any atom is 0.325 e. The van der Waals surface area contributed by atoms with Gasteiger partial charge in [0, 0.05) is 23.2 Å². The first-order valence-electron chi connectivity index (χ1n) is 9.47. The summed E-state index contributed by atoms with van der Waals surface area (Å²) in [6.07, 6.45) is 0.833. The molecule has 7 heteroatoms. The SMILES string of the molecule is CC(C)c1ccccc1NC(=O)CCc1csc(NC(=O)Nc2ccccc2)n1. The molecule has 3 amide bonds. The van der Waals surface area contributed by atoms with Crippen molar-refractivity contribution in [2.75, 3.05) is 16.0 Å². The molecule has 0 radical (unpaired) electrons. The summed E-state index contributed by atoms with van der Waals surface area (Å²) >= 11 is 1.34. The van der Waals surface area contributed by atoms with Gasteiger partial charge in [-0.2, -0.15) is 0 Å². The van der Waals surface area contributed by atoms with E-state index in [0.717, 1.165) is 16.9 Å². The van der Waals surface area contributed by atoms with Gasteiger partial charge in [0.05, 0.1) is 5.69 Å². The van der Waals surface area contributed by atoms with Gasteiger partial charge in [-0.25, -0.2) is 9.78 Å². The molecule has 0 aliphatic rings. The lowest BCUT2D eigenvalue weighted by atomic mass is 10.0. The molecule has 0 atom stereocenters. The Morgan fingerprint density at radius 2 is 1.69 bits per heavy atom. The van der Waals surface area contributed by atoms with E-state index >= 15 is 0 Å². The Kier molecular flexibility index (Phi) is 6.97. The van der Waals surface area contributed by atoms with Crippen LogP contribution >= 0.6 is 11.3 Å². The van der Waals surface area contributed by atoms with E-state index in [4.69, 9.17) is 0 Å². The summed E-state index contributed by atoms with van der Waals surface area (Å²) in [7, 11) is 0. The molecule has 3 N–H and O–H groups in total. The first kappa shape index (κ1) is 20.5. The fourth-order valence-electron chi connectivity index (χ4n) is 2.83. The number of hydrogen-bond acceptors (Lipinski definition) is 4. The quantitative estimate of drug-likeness (QED) is 0.484. The average molecular weight is 409 g/mol. The fraction of sp³-hybridized carbons (Fsp3) is 0.227. The average Bonchev–Trinajstić information content (AvgIpc) is 3.14. The normalized spacial score (nSPS) is 10.6. The molecule has 0 saturated carbocycles. The summed E-state index contributed by atoms with van der Waals surface area (Å²) in [4.78, 5) is 28.7. The minimum absolute atomic E-state index is 0.0533. The topological polar surface area (TPSA) is 83.1 Å². The number of carbonyl (C=O) groups excluding carboxylic acids is 2. The van der Waals surface area contributed by atoms with E-state index < -0.39 is 0 Å². The molecule has 29 heavy (non-hydrogen) atoms. The number of aryl methyl sites for hydroxylation is 1. The molecule has 2 aromatic carbocycles. The number of urea groups is 1. The molecule has 6 nitrogen and oxygen atoms in total. The van der Waals surface area contributed by atoms with Crippen molar-refractivity contribution in [3.63, 3.8) is 0 Å². The van der Waals surface area contributed by atoms with Crippen LogP contribution < -0.4 is 16.0 Å². The van der Waals surface area contributed by atoms with Gasteiger partial charge in [-0.3, -0.25) is 10.1 Å². The Balaban J connectivity index is 1.49. The van der Waals surface area contributed by atoms with Gasteiger partial charge >= 0.3 is 6.03 Å². The number of nitrogens with one attached hydrogen (secondary N) is 3. The molecule has 0 unspecified atom stereocenters. The van der Waals surface area contributed by atoms with E-state index in [0.29, 0.717) is 29.6 Å². The molecule has 3 rings (SSSR count). The number of carbonyl (C=O) groups is 2. The largest absolute Gasteiger partial charge is 0.326 e. The molecule has 0 fully saturated rings. The Bertz CT molecular complexity index is 970. The van der Waals surface area contributed by atoms with Crippen molar-refractivity contribution in [2.45, 2.75) is 32.6 Å². The first-order valence-corrected chi connectivity index (χ1v) is 10.4. The molecule has 1 heterocycles. The second-order valence-corrected chi connectivity index (χ2v) is 7.74. The van der Waals surface area contributed by atoms with Gasteiger partial charge < -0.3 is 10.6 Å². The summed E-state index contributed by atoms with van der Waals surface area (Å²) in [5.74, 6) is 0.281. The van der Waals surface area contributed by atoms with Crippen molar-refractivity contribution in [1.29, 1.82) is 0 Å². The second kappa shape index (κ2) is 9.84. The number of anilines is 3. The van der Waals surface area contributed by atoms with Gasteiger partial charge in [0.15, 0.2) is 5.13 Å². The monoisotopic (exact) mass is 408 g/mol. The molecule has 3 aromatic rings. The zero-order valence-electron chi connectivity index (χ0n) is 16.4. The molecule has 1 aromatic heterocycles. The number of para-hydroxylation sites is 2. The number of benzene rings is 2.